The number of hydrogen-bond acceptors (Lipinski definition) is 11. The third kappa shape index (κ3) is 32.7. The van der Waals surface area contributed by atoms with Gasteiger partial charge in [-0.1, -0.05) is 13.2 Å². The SMILES string of the molecule is C=COCCOCCOCCOCCOCCOCCOCCOCCOCCOCCOC=C. The summed E-state index contributed by atoms with van der Waals surface area (Å²) < 4.78 is 58.4. The van der Waals surface area contributed by atoms with Gasteiger partial charge in [0.1, 0.15) is 13.2 Å². The first-order chi connectivity index (χ1) is 17.4. The molecule has 0 aliphatic carbocycles. The van der Waals surface area contributed by atoms with E-state index in [2.05, 4.69) is 13.2 Å². The van der Waals surface area contributed by atoms with Crippen molar-refractivity contribution in [3.05, 3.63) is 25.7 Å². The van der Waals surface area contributed by atoms with Crippen LogP contribution in [0.3, 0.4) is 0 Å². The van der Waals surface area contributed by atoms with Crippen LogP contribution >= 0.6 is 0 Å². The Morgan fingerprint density at radius 1 is 0.257 bits per heavy atom. The van der Waals surface area contributed by atoms with Crippen LogP contribution in [0.2, 0.25) is 0 Å². The van der Waals surface area contributed by atoms with Crippen molar-refractivity contribution in [2.75, 3.05) is 132 Å². The molecule has 0 N–H and O–H groups in total. The summed E-state index contributed by atoms with van der Waals surface area (Å²) in [4.78, 5) is 0. The van der Waals surface area contributed by atoms with Gasteiger partial charge in [0.2, 0.25) is 0 Å². The summed E-state index contributed by atoms with van der Waals surface area (Å²) >= 11 is 0. The van der Waals surface area contributed by atoms with Crippen LogP contribution in [0.15, 0.2) is 25.7 Å². The van der Waals surface area contributed by atoms with Crippen LogP contribution in [0.1, 0.15) is 0 Å². The van der Waals surface area contributed by atoms with Crippen molar-refractivity contribution in [1.82, 2.24) is 0 Å². The van der Waals surface area contributed by atoms with Crippen LogP contribution in [-0.4, -0.2) is 132 Å². The molecule has 0 saturated heterocycles. The maximum atomic E-state index is 5.44. The van der Waals surface area contributed by atoms with E-state index in [1.807, 2.05) is 0 Å². The molecule has 0 aromatic heterocycles. The summed E-state index contributed by atoms with van der Waals surface area (Å²) in [6.45, 7) is 17.3. The molecule has 0 fully saturated rings. The molecular weight excluding hydrogens is 464 g/mol. The van der Waals surface area contributed by atoms with Gasteiger partial charge in [-0.3, -0.25) is 0 Å². The summed E-state index contributed by atoms with van der Waals surface area (Å²) in [5.74, 6) is 0. The normalized spacial score (nSPS) is 11.0. The van der Waals surface area contributed by atoms with Crippen molar-refractivity contribution in [2.45, 2.75) is 0 Å². The van der Waals surface area contributed by atoms with Gasteiger partial charge in [-0.05, 0) is 0 Å². The molecule has 0 aromatic rings. The Labute approximate surface area is 210 Å². The molecular formula is C24H46O11. The third-order valence-corrected chi connectivity index (χ3v) is 3.90. The number of hydrogen-bond donors (Lipinski definition) is 0. The van der Waals surface area contributed by atoms with Crippen LogP contribution in [0.5, 0.6) is 0 Å². The zero-order chi connectivity index (χ0) is 25.3. The van der Waals surface area contributed by atoms with Crippen molar-refractivity contribution in [3.8, 4) is 0 Å². The zero-order valence-electron chi connectivity index (χ0n) is 21.2. The predicted octanol–water partition coefficient (Wildman–Crippen LogP) is 1.46. The van der Waals surface area contributed by atoms with Crippen molar-refractivity contribution < 1.29 is 52.1 Å². The summed E-state index contributed by atoms with van der Waals surface area (Å²) in [7, 11) is 0. The molecule has 0 unspecified atom stereocenters. The maximum absolute atomic E-state index is 5.44. The van der Waals surface area contributed by atoms with Crippen molar-refractivity contribution in [3.63, 3.8) is 0 Å². The largest absolute Gasteiger partial charge is 0.499 e. The van der Waals surface area contributed by atoms with Crippen LogP contribution < -0.4 is 0 Å². The van der Waals surface area contributed by atoms with Gasteiger partial charge in [-0.2, -0.15) is 0 Å². The molecule has 0 bridgehead atoms. The van der Waals surface area contributed by atoms with E-state index in [0.29, 0.717) is 132 Å². The lowest BCUT2D eigenvalue weighted by Crippen LogP contribution is -2.15. The fourth-order valence-electron chi connectivity index (χ4n) is 2.24. The molecule has 0 saturated carbocycles. The summed E-state index contributed by atoms with van der Waals surface area (Å²) in [6, 6.07) is 0. The molecule has 11 heteroatoms. The lowest BCUT2D eigenvalue weighted by Gasteiger charge is -2.09. The first-order valence-electron chi connectivity index (χ1n) is 12.1. The van der Waals surface area contributed by atoms with Gasteiger partial charge in [-0.25, -0.2) is 0 Å². The van der Waals surface area contributed by atoms with E-state index in [4.69, 9.17) is 52.1 Å². The molecule has 0 heterocycles. The zero-order valence-corrected chi connectivity index (χ0v) is 21.2. The second-order valence-electron chi connectivity index (χ2n) is 6.59. The van der Waals surface area contributed by atoms with Crippen LogP contribution in [-0.2, 0) is 52.1 Å². The maximum Gasteiger partial charge on any atom is 0.111 e. The summed E-state index contributed by atoms with van der Waals surface area (Å²) in [5.41, 5.74) is 0. The van der Waals surface area contributed by atoms with Gasteiger partial charge < -0.3 is 52.1 Å². The predicted molar refractivity (Wildman–Crippen MR) is 130 cm³/mol. The molecule has 0 spiro atoms. The van der Waals surface area contributed by atoms with Crippen molar-refractivity contribution in [1.29, 1.82) is 0 Å². The van der Waals surface area contributed by atoms with Gasteiger partial charge in [0.15, 0.2) is 0 Å². The van der Waals surface area contributed by atoms with Crippen LogP contribution in [0.4, 0.5) is 0 Å². The molecule has 0 radical (unpaired) electrons. The minimum absolute atomic E-state index is 0.504. The minimum Gasteiger partial charge on any atom is -0.499 e. The summed E-state index contributed by atoms with van der Waals surface area (Å²) in [5, 5.41) is 0. The smallest absolute Gasteiger partial charge is 0.111 e. The average Bonchev–Trinajstić information content (AvgIpc) is 2.87. The Morgan fingerprint density at radius 2 is 0.400 bits per heavy atom. The molecule has 208 valence electrons. The third-order valence-electron chi connectivity index (χ3n) is 3.90. The lowest BCUT2D eigenvalue weighted by atomic mass is 10.6. The fraction of sp³-hybridized carbons (Fsp3) is 0.833. The Bertz CT molecular complexity index is 377. The molecule has 0 atom stereocenters. The quantitative estimate of drug-likeness (QED) is 0.0971. The molecule has 35 heavy (non-hydrogen) atoms. The molecule has 0 aromatic carbocycles. The monoisotopic (exact) mass is 510 g/mol. The Hall–Kier alpha value is -1.28. The van der Waals surface area contributed by atoms with E-state index in [9.17, 15) is 0 Å². The van der Waals surface area contributed by atoms with Gasteiger partial charge >= 0.3 is 0 Å². The highest BCUT2D eigenvalue weighted by atomic mass is 16.6. The Morgan fingerprint density at radius 3 is 0.543 bits per heavy atom. The van der Waals surface area contributed by atoms with Gasteiger partial charge in [0.25, 0.3) is 0 Å². The van der Waals surface area contributed by atoms with E-state index in [1.54, 1.807) is 0 Å². The average molecular weight is 511 g/mol. The van der Waals surface area contributed by atoms with Gasteiger partial charge in [0, 0.05) is 0 Å². The second kappa shape index (κ2) is 32.7. The highest BCUT2D eigenvalue weighted by Crippen LogP contribution is 1.86. The topological polar surface area (TPSA) is 102 Å². The van der Waals surface area contributed by atoms with E-state index in [-0.39, 0.29) is 0 Å². The van der Waals surface area contributed by atoms with Gasteiger partial charge in [0.05, 0.1) is 131 Å². The lowest BCUT2D eigenvalue weighted by molar-refractivity contribution is -0.0261. The van der Waals surface area contributed by atoms with E-state index in [0.717, 1.165) is 0 Å². The fourth-order valence-corrected chi connectivity index (χ4v) is 2.24. The molecule has 11 nitrogen and oxygen atoms in total. The molecule has 0 aliphatic rings. The van der Waals surface area contributed by atoms with Crippen molar-refractivity contribution >= 4 is 0 Å². The van der Waals surface area contributed by atoms with E-state index < -0.39 is 0 Å². The van der Waals surface area contributed by atoms with Crippen LogP contribution in [0.25, 0.3) is 0 Å². The van der Waals surface area contributed by atoms with Gasteiger partial charge in [-0.15, -0.1) is 0 Å². The molecule has 0 amide bonds. The molecule has 0 rings (SSSR count). The summed E-state index contributed by atoms with van der Waals surface area (Å²) in [6.07, 6.45) is 2.79. The number of ether oxygens (including phenoxy) is 11. The highest BCUT2D eigenvalue weighted by molar-refractivity contribution is 4.48. The molecule has 0 aliphatic heterocycles. The Kier molecular flexibility index (Phi) is 31.5. The van der Waals surface area contributed by atoms with Crippen molar-refractivity contribution in [2.24, 2.45) is 0 Å². The van der Waals surface area contributed by atoms with E-state index in [1.165, 1.54) is 12.5 Å². The standard InChI is InChI=1S/C24H46O11/c1-3-25-5-7-27-9-11-29-13-15-31-17-19-33-21-23-35-24-22-34-20-18-32-16-14-30-12-10-28-8-6-26-4-2/h3-4H,1-2,5-24H2. The second-order valence-corrected chi connectivity index (χ2v) is 6.59. The Balaban J connectivity index is 3.01. The minimum atomic E-state index is 0.504. The first-order valence-corrected chi connectivity index (χ1v) is 12.1. The first kappa shape index (κ1) is 33.7. The number of rotatable bonds is 32. The van der Waals surface area contributed by atoms with Crippen LogP contribution in [0, 0.1) is 0 Å². The van der Waals surface area contributed by atoms with E-state index >= 15 is 0 Å². The highest BCUT2D eigenvalue weighted by Gasteiger charge is 1.95.